The summed E-state index contributed by atoms with van der Waals surface area (Å²) in [5, 5.41) is 10.0. The highest BCUT2D eigenvalue weighted by molar-refractivity contribution is 7.89. The standard InChI is InChI=1S/C27H37N3O5S/c1-19(2)29(4)36(33,34)22-10-11-26-24(16-22)23(13-15-35-26)27(32)28(3)25(20-8-6-5-7-9-20)18-30-14-12-21(31)17-30/h5-11,16,19,21,23,25,31H,12-15,17-18H2,1-4H3/t21-,23?,25+/m0/s1. The van der Waals surface area contributed by atoms with E-state index < -0.39 is 15.9 Å². The van der Waals surface area contributed by atoms with Crippen molar-refractivity contribution in [3.8, 4) is 5.75 Å². The van der Waals surface area contributed by atoms with E-state index in [-0.39, 0.29) is 29.0 Å². The Morgan fingerprint density at radius 2 is 1.86 bits per heavy atom. The quantitative estimate of drug-likeness (QED) is 0.582. The van der Waals surface area contributed by atoms with E-state index in [1.165, 1.54) is 4.31 Å². The highest BCUT2D eigenvalue weighted by atomic mass is 32.2. The summed E-state index contributed by atoms with van der Waals surface area (Å²) < 4.78 is 33.4. The van der Waals surface area contributed by atoms with E-state index in [1.54, 1.807) is 30.1 Å². The van der Waals surface area contributed by atoms with Crippen LogP contribution in [-0.4, -0.2) is 86.0 Å². The molecule has 0 bridgehead atoms. The van der Waals surface area contributed by atoms with Crippen LogP contribution in [-0.2, 0) is 14.8 Å². The molecule has 2 aromatic carbocycles. The summed E-state index contributed by atoms with van der Waals surface area (Å²) in [6, 6.07) is 14.3. The van der Waals surface area contributed by atoms with Crippen LogP contribution in [0.3, 0.4) is 0 Å². The highest BCUT2D eigenvalue weighted by Gasteiger charge is 2.36. The molecule has 2 aromatic rings. The van der Waals surface area contributed by atoms with Crippen molar-refractivity contribution < 1.29 is 23.1 Å². The molecule has 1 fully saturated rings. The summed E-state index contributed by atoms with van der Waals surface area (Å²) in [6.07, 6.45) is 0.868. The van der Waals surface area contributed by atoms with Crippen LogP contribution in [0.25, 0.3) is 0 Å². The molecule has 4 rings (SSSR count). The minimum absolute atomic E-state index is 0.0695. The maximum Gasteiger partial charge on any atom is 0.243 e. The molecule has 0 aromatic heterocycles. The molecule has 0 radical (unpaired) electrons. The third kappa shape index (κ3) is 5.44. The second-order valence-electron chi connectivity index (χ2n) is 10.1. The lowest BCUT2D eigenvalue weighted by Crippen LogP contribution is -2.42. The average molecular weight is 516 g/mol. The van der Waals surface area contributed by atoms with Crippen molar-refractivity contribution in [2.45, 2.75) is 55.7 Å². The molecule has 36 heavy (non-hydrogen) atoms. The second-order valence-corrected chi connectivity index (χ2v) is 12.1. The van der Waals surface area contributed by atoms with Crippen LogP contribution in [0, 0.1) is 0 Å². The van der Waals surface area contributed by atoms with E-state index in [2.05, 4.69) is 4.90 Å². The zero-order valence-corrected chi connectivity index (χ0v) is 22.3. The molecule has 196 valence electrons. The number of carbonyl (C=O) groups excluding carboxylic acids is 1. The molecular weight excluding hydrogens is 478 g/mol. The Bertz CT molecular complexity index is 1170. The molecule has 0 aliphatic carbocycles. The number of rotatable bonds is 8. The molecule has 1 amide bonds. The van der Waals surface area contributed by atoms with Gasteiger partial charge in [-0.3, -0.25) is 9.69 Å². The molecule has 1 unspecified atom stereocenters. The number of sulfonamides is 1. The summed E-state index contributed by atoms with van der Waals surface area (Å²) in [7, 11) is -0.323. The number of aliphatic hydroxyl groups is 1. The van der Waals surface area contributed by atoms with Crippen LogP contribution >= 0.6 is 0 Å². The van der Waals surface area contributed by atoms with Gasteiger partial charge in [-0.25, -0.2) is 8.42 Å². The predicted molar refractivity (Wildman–Crippen MR) is 138 cm³/mol. The van der Waals surface area contributed by atoms with Gasteiger partial charge in [0.2, 0.25) is 15.9 Å². The SMILES string of the molecule is CC(C)N(C)S(=O)(=O)c1ccc2c(c1)C(C(=O)N(C)[C@H](CN1CC[C@H](O)C1)c1ccccc1)CCO2. The van der Waals surface area contributed by atoms with Crippen LogP contribution in [0.4, 0.5) is 0 Å². The Morgan fingerprint density at radius 1 is 1.14 bits per heavy atom. The number of fused-ring (bicyclic) bond motifs is 1. The highest BCUT2D eigenvalue weighted by Crippen LogP contribution is 2.38. The van der Waals surface area contributed by atoms with Crippen molar-refractivity contribution in [1.82, 2.24) is 14.1 Å². The van der Waals surface area contributed by atoms with Crippen LogP contribution in [0.15, 0.2) is 53.4 Å². The Hall–Kier alpha value is -2.46. The number of benzene rings is 2. The molecular formula is C27H37N3O5S. The molecule has 9 heteroatoms. The third-order valence-electron chi connectivity index (χ3n) is 7.40. The predicted octanol–water partition coefficient (Wildman–Crippen LogP) is 2.85. The smallest absolute Gasteiger partial charge is 0.243 e. The zero-order chi connectivity index (χ0) is 26.0. The van der Waals surface area contributed by atoms with Gasteiger partial charge in [-0.2, -0.15) is 4.31 Å². The van der Waals surface area contributed by atoms with Crippen molar-refractivity contribution in [2.75, 3.05) is 40.3 Å². The first-order valence-electron chi connectivity index (χ1n) is 12.6. The maximum absolute atomic E-state index is 14.0. The van der Waals surface area contributed by atoms with Crippen molar-refractivity contribution in [3.63, 3.8) is 0 Å². The summed E-state index contributed by atoms with van der Waals surface area (Å²) in [5.41, 5.74) is 1.64. The number of amides is 1. The number of aliphatic hydroxyl groups excluding tert-OH is 1. The van der Waals surface area contributed by atoms with Crippen LogP contribution in [0.5, 0.6) is 5.75 Å². The van der Waals surface area contributed by atoms with Gasteiger partial charge >= 0.3 is 0 Å². The van der Waals surface area contributed by atoms with E-state index in [4.69, 9.17) is 4.74 Å². The minimum atomic E-state index is -3.70. The molecule has 8 nitrogen and oxygen atoms in total. The molecule has 2 aliphatic heterocycles. The number of likely N-dealkylation sites (N-methyl/N-ethyl adjacent to an activating group) is 1. The van der Waals surface area contributed by atoms with Gasteiger partial charge in [-0.05, 0) is 50.5 Å². The number of hydrogen-bond acceptors (Lipinski definition) is 6. The van der Waals surface area contributed by atoms with E-state index >= 15 is 0 Å². The summed E-state index contributed by atoms with van der Waals surface area (Å²) in [6.45, 7) is 6.04. The van der Waals surface area contributed by atoms with Crippen LogP contribution in [0.2, 0.25) is 0 Å². The molecule has 0 saturated carbocycles. The number of hydrogen-bond donors (Lipinski definition) is 1. The largest absolute Gasteiger partial charge is 0.493 e. The average Bonchev–Trinajstić information content (AvgIpc) is 3.30. The number of β-amino-alcohol motifs (C(OH)–C–C–N with tert-alkyl or cyclic N) is 1. The Labute approximate surface area is 214 Å². The lowest BCUT2D eigenvalue weighted by molar-refractivity contribution is -0.134. The second kappa shape index (κ2) is 10.9. The lowest BCUT2D eigenvalue weighted by Gasteiger charge is -2.36. The molecule has 1 saturated heterocycles. The van der Waals surface area contributed by atoms with Crippen molar-refractivity contribution >= 4 is 15.9 Å². The van der Waals surface area contributed by atoms with Gasteiger partial charge in [0.05, 0.1) is 29.6 Å². The maximum atomic E-state index is 14.0. The Kier molecular flexibility index (Phi) is 8.04. The summed E-state index contributed by atoms with van der Waals surface area (Å²) in [5.74, 6) is -0.0216. The summed E-state index contributed by atoms with van der Waals surface area (Å²) in [4.78, 5) is 18.1. The molecule has 2 aliphatic rings. The monoisotopic (exact) mass is 515 g/mol. The molecule has 3 atom stereocenters. The third-order valence-corrected chi connectivity index (χ3v) is 9.43. The Balaban J connectivity index is 1.64. The van der Waals surface area contributed by atoms with Gasteiger partial charge in [-0.15, -0.1) is 0 Å². The van der Waals surface area contributed by atoms with Gasteiger partial charge in [0.1, 0.15) is 5.75 Å². The summed E-state index contributed by atoms with van der Waals surface area (Å²) >= 11 is 0. The van der Waals surface area contributed by atoms with Crippen molar-refractivity contribution in [1.29, 1.82) is 0 Å². The number of nitrogens with zero attached hydrogens (tertiary/aromatic N) is 3. The first kappa shape index (κ1) is 26.6. The van der Waals surface area contributed by atoms with Gasteiger partial charge in [0, 0.05) is 45.3 Å². The topological polar surface area (TPSA) is 90.4 Å². The van der Waals surface area contributed by atoms with Crippen molar-refractivity contribution in [3.05, 3.63) is 59.7 Å². The van der Waals surface area contributed by atoms with Gasteiger partial charge in [-0.1, -0.05) is 30.3 Å². The fraction of sp³-hybridized carbons (Fsp3) is 0.519. The number of ether oxygens (including phenoxy) is 1. The van der Waals surface area contributed by atoms with E-state index in [9.17, 15) is 18.3 Å². The number of likely N-dealkylation sites (tertiary alicyclic amines) is 1. The van der Waals surface area contributed by atoms with E-state index in [1.807, 2.05) is 51.2 Å². The first-order chi connectivity index (χ1) is 17.1. The fourth-order valence-electron chi connectivity index (χ4n) is 4.98. The van der Waals surface area contributed by atoms with Crippen molar-refractivity contribution in [2.24, 2.45) is 0 Å². The van der Waals surface area contributed by atoms with Gasteiger partial charge in [0.25, 0.3) is 0 Å². The molecule has 2 heterocycles. The first-order valence-corrected chi connectivity index (χ1v) is 14.0. The molecule has 0 spiro atoms. The normalized spacial score (nSPS) is 21.3. The van der Waals surface area contributed by atoms with Gasteiger partial charge in [0.15, 0.2) is 0 Å². The minimum Gasteiger partial charge on any atom is -0.493 e. The van der Waals surface area contributed by atoms with E-state index in [0.29, 0.717) is 37.4 Å². The lowest BCUT2D eigenvalue weighted by atomic mass is 9.91. The van der Waals surface area contributed by atoms with Gasteiger partial charge < -0.3 is 14.7 Å². The van der Waals surface area contributed by atoms with Crippen LogP contribution < -0.4 is 4.74 Å². The molecule has 1 N–H and O–H groups in total. The zero-order valence-electron chi connectivity index (χ0n) is 21.5. The van der Waals surface area contributed by atoms with E-state index in [0.717, 1.165) is 18.5 Å². The fourth-order valence-corrected chi connectivity index (χ4v) is 6.39. The Morgan fingerprint density at radius 3 is 2.50 bits per heavy atom. The van der Waals surface area contributed by atoms with Crippen LogP contribution in [0.1, 0.15) is 49.8 Å². The number of carbonyl (C=O) groups is 1.